The van der Waals surface area contributed by atoms with Crippen molar-refractivity contribution >= 4 is 17.5 Å². The molecule has 2 N–H and O–H groups in total. The first-order chi connectivity index (χ1) is 15.7. The molecule has 0 fully saturated rings. The number of amides is 1. The number of rotatable bonds is 5. The summed E-state index contributed by atoms with van der Waals surface area (Å²) in [6.07, 6.45) is -3.18. The first-order valence-electron chi connectivity index (χ1n) is 9.80. The lowest BCUT2D eigenvalue weighted by atomic mass is 9.94. The largest absolute Gasteiger partial charge is 0.493 e. The molecule has 11 heteroatoms. The fourth-order valence-electron chi connectivity index (χ4n) is 3.69. The third kappa shape index (κ3) is 4.21. The van der Waals surface area contributed by atoms with Gasteiger partial charge >= 0.3 is 6.18 Å². The number of carbonyl (C=O) groups is 1. The van der Waals surface area contributed by atoms with Crippen molar-refractivity contribution in [3.8, 4) is 11.5 Å². The molecule has 2 heterocycles. The molecular formula is C22H20F3N5O3. The van der Waals surface area contributed by atoms with Crippen molar-refractivity contribution in [2.75, 3.05) is 24.9 Å². The summed E-state index contributed by atoms with van der Waals surface area (Å²) in [5.41, 5.74) is 0.556. The molecule has 0 radical (unpaired) electrons. The zero-order chi connectivity index (χ0) is 23.8. The molecule has 1 aliphatic rings. The molecule has 0 saturated carbocycles. The summed E-state index contributed by atoms with van der Waals surface area (Å²) in [7, 11) is 3.00. The molecule has 0 spiro atoms. The molecule has 1 aromatic heterocycles. The van der Waals surface area contributed by atoms with Gasteiger partial charge in [-0.3, -0.25) is 4.79 Å². The predicted molar refractivity (Wildman–Crippen MR) is 114 cm³/mol. The van der Waals surface area contributed by atoms with Crippen molar-refractivity contribution in [3.05, 3.63) is 71.2 Å². The molecule has 172 valence electrons. The van der Waals surface area contributed by atoms with Crippen LogP contribution in [0.2, 0.25) is 0 Å². The van der Waals surface area contributed by atoms with Gasteiger partial charge in [0, 0.05) is 11.4 Å². The smallest absolute Gasteiger partial charge is 0.416 e. The van der Waals surface area contributed by atoms with Gasteiger partial charge in [0.25, 0.3) is 5.91 Å². The van der Waals surface area contributed by atoms with Gasteiger partial charge in [-0.05, 0) is 42.8 Å². The topological polar surface area (TPSA) is 90.3 Å². The molecule has 0 aliphatic carbocycles. The van der Waals surface area contributed by atoms with Crippen molar-refractivity contribution < 1.29 is 27.4 Å². The van der Waals surface area contributed by atoms with Crippen molar-refractivity contribution in [1.82, 2.24) is 14.8 Å². The van der Waals surface area contributed by atoms with E-state index in [0.29, 0.717) is 28.7 Å². The SMILES string of the molecule is COc1ccc([C@@H]2C(C(=O)Nc3cccc(C(F)(F)F)c3)=C(C)Nc3ncnn32)cc1OC. The minimum atomic E-state index is -4.53. The van der Waals surface area contributed by atoms with Gasteiger partial charge in [-0.1, -0.05) is 12.1 Å². The molecule has 2 aromatic carbocycles. The van der Waals surface area contributed by atoms with Crippen LogP contribution in [-0.2, 0) is 11.0 Å². The lowest BCUT2D eigenvalue weighted by molar-refractivity contribution is -0.137. The second-order valence-corrected chi connectivity index (χ2v) is 7.24. The van der Waals surface area contributed by atoms with Crippen LogP contribution in [0, 0.1) is 0 Å². The van der Waals surface area contributed by atoms with Crippen LogP contribution in [0.5, 0.6) is 11.5 Å². The van der Waals surface area contributed by atoms with Crippen molar-refractivity contribution in [3.63, 3.8) is 0 Å². The summed E-state index contributed by atoms with van der Waals surface area (Å²) in [4.78, 5) is 17.5. The molecule has 8 nitrogen and oxygen atoms in total. The van der Waals surface area contributed by atoms with E-state index >= 15 is 0 Å². The molecular weight excluding hydrogens is 439 g/mol. The molecule has 0 bridgehead atoms. The zero-order valence-electron chi connectivity index (χ0n) is 17.9. The van der Waals surface area contributed by atoms with Gasteiger partial charge in [0.15, 0.2) is 11.5 Å². The maximum atomic E-state index is 13.3. The second-order valence-electron chi connectivity index (χ2n) is 7.24. The number of ether oxygens (including phenoxy) is 2. The van der Waals surface area contributed by atoms with E-state index in [1.165, 1.54) is 37.4 Å². The summed E-state index contributed by atoms with van der Waals surface area (Å²) < 4.78 is 51.5. The number of halogens is 3. The average molecular weight is 459 g/mol. The van der Waals surface area contributed by atoms with Gasteiger partial charge in [0.05, 0.1) is 25.4 Å². The van der Waals surface area contributed by atoms with E-state index in [9.17, 15) is 18.0 Å². The third-order valence-corrected chi connectivity index (χ3v) is 5.21. The number of aromatic nitrogens is 3. The Bertz CT molecular complexity index is 1240. The number of hydrogen-bond acceptors (Lipinski definition) is 6. The van der Waals surface area contributed by atoms with Gasteiger partial charge in [-0.2, -0.15) is 23.3 Å². The van der Waals surface area contributed by atoms with Gasteiger partial charge < -0.3 is 20.1 Å². The Labute approximate surface area is 187 Å². The van der Waals surface area contributed by atoms with Gasteiger partial charge in [0.1, 0.15) is 12.4 Å². The number of benzene rings is 2. The van der Waals surface area contributed by atoms with Crippen LogP contribution in [-0.4, -0.2) is 34.9 Å². The highest BCUT2D eigenvalue weighted by Crippen LogP contribution is 2.39. The Balaban J connectivity index is 1.75. The Morgan fingerprint density at radius 1 is 1.12 bits per heavy atom. The monoisotopic (exact) mass is 459 g/mol. The van der Waals surface area contributed by atoms with Crippen LogP contribution in [0.3, 0.4) is 0 Å². The number of methoxy groups -OCH3 is 2. The maximum absolute atomic E-state index is 13.3. The minimum Gasteiger partial charge on any atom is -0.493 e. The van der Waals surface area contributed by atoms with E-state index in [-0.39, 0.29) is 11.3 Å². The Morgan fingerprint density at radius 3 is 2.58 bits per heavy atom. The van der Waals surface area contributed by atoms with E-state index in [0.717, 1.165) is 12.1 Å². The molecule has 1 atom stereocenters. The summed E-state index contributed by atoms with van der Waals surface area (Å²) in [6.45, 7) is 1.69. The van der Waals surface area contributed by atoms with E-state index < -0.39 is 23.7 Å². The van der Waals surface area contributed by atoms with E-state index in [2.05, 4.69) is 20.7 Å². The number of alkyl halides is 3. The zero-order valence-corrected chi connectivity index (χ0v) is 17.9. The first-order valence-corrected chi connectivity index (χ1v) is 9.80. The number of nitrogens with one attached hydrogen (secondary N) is 2. The Morgan fingerprint density at radius 2 is 1.88 bits per heavy atom. The molecule has 1 aliphatic heterocycles. The van der Waals surface area contributed by atoms with E-state index in [1.807, 2.05) is 0 Å². The quantitative estimate of drug-likeness (QED) is 0.593. The molecule has 3 aromatic rings. The van der Waals surface area contributed by atoms with Gasteiger partial charge in [-0.25, -0.2) is 4.68 Å². The lowest BCUT2D eigenvalue weighted by Crippen LogP contribution is -2.31. The van der Waals surface area contributed by atoms with Crippen LogP contribution >= 0.6 is 0 Å². The van der Waals surface area contributed by atoms with Crippen molar-refractivity contribution in [2.45, 2.75) is 19.1 Å². The normalized spacial score (nSPS) is 15.5. The number of carbonyl (C=O) groups excluding carboxylic acids is 1. The van der Waals surface area contributed by atoms with Crippen LogP contribution < -0.4 is 20.1 Å². The summed E-state index contributed by atoms with van der Waals surface area (Å²) >= 11 is 0. The highest BCUT2D eigenvalue weighted by molar-refractivity contribution is 6.06. The molecule has 1 amide bonds. The highest BCUT2D eigenvalue weighted by atomic mass is 19.4. The molecule has 4 rings (SSSR count). The summed E-state index contributed by atoms with van der Waals surface area (Å²) in [5, 5.41) is 9.83. The van der Waals surface area contributed by atoms with Crippen molar-refractivity contribution in [1.29, 1.82) is 0 Å². The lowest BCUT2D eigenvalue weighted by Gasteiger charge is -2.29. The minimum absolute atomic E-state index is 0.0190. The van der Waals surface area contributed by atoms with Gasteiger partial charge in [-0.15, -0.1) is 0 Å². The highest BCUT2D eigenvalue weighted by Gasteiger charge is 2.35. The fraction of sp³-hybridized carbons (Fsp3) is 0.227. The van der Waals surface area contributed by atoms with Crippen molar-refractivity contribution in [2.24, 2.45) is 0 Å². The second kappa shape index (κ2) is 8.49. The van der Waals surface area contributed by atoms with E-state index in [1.54, 1.807) is 25.1 Å². The predicted octanol–water partition coefficient (Wildman–Crippen LogP) is 4.24. The number of allylic oxidation sites excluding steroid dienone is 1. The van der Waals surface area contributed by atoms with Crippen LogP contribution in [0.15, 0.2) is 60.1 Å². The van der Waals surface area contributed by atoms with Crippen LogP contribution in [0.25, 0.3) is 0 Å². The van der Waals surface area contributed by atoms with Crippen LogP contribution in [0.4, 0.5) is 24.8 Å². The molecule has 0 unspecified atom stereocenters. The summed E-state index contributed by atoms with van der Waals surface area (Å²) in [6, 6.07) is 8.91. The Hall–Kier alpha value is -4.02. The fourth-order valence-corrected chi connectivity index (χ4v) is 3.69. The third-order valence-electron chi connectivity index (χ3n) is 5.21. The number of nitrogens with zero attached hydrogens (tertiary/aromatic N) is 3. The Kier molecular flexibility index (Phi) is 5.71. The van der Waals surface area contributed by atoms with Crippen LogP contribution in [0.1, 0.15) is 24.1 Å². The number of anilines is 2. The van der Waals surface area contributed by atoms with Gasteiger partial charge in [0.2, 0.25) is 5.95 Å². The summed E-state index contributed by atoms with van der Waals surface area (Å²) in [5.74, 6) is 0.790. The molecule has 33 heavy (non-hydrogen) atoms. The van der Waals surface area contributed by atoms with E-state index in [4.69, 9.17) is 9.47 Å². The first kappa shape index (κ1) is 22.2. The average Bonchev–Trinajstić information content (AvgIpc) is 3.25. The number of fused-ring (bicyclic) bond motifs is 1. The maximum Gasteiger partial charge on any atom is 0.416 e. The molecule has 0 saturated heterocycles. The standard InChI is InChI=1S/C22H20F3N5O3/c1-12-18(20(31)29-15-6-4-5-14(10-15)22(23,24)25)19(30-21(28-12)26-11-27-30)13-7-8-16(32-2)17(9-13)33-3/h4-11,19H,1-3H3,(H,29,31)(H,26,27,28)/t19-/m1/s1. The number of hydrogen-bond donors (Lipinski definition) is 2.